The molecule has 0 bridgehead atoms. The Bertz CT molecular complexity index is 1560. The number of imidazole rings is 1. The van der Waals surface area contributed by atoms with Gasteiger partial charge in [-0.25, -0.2) is 4.98 Å². The number of hydrogen-bond acceptors (Lipinski definition) is 3. The van der Waals surface area contributed by atoms with E-state index in [-0.39, 0.29) is 11.1 Å². The smallest absolute Gasteiger partial charge is 0.330 e. The number of fused-ring (bicyclic) bond motifs is 1. The van der Waals surface area contributed by atoms with Crippen molar-refractivity contribution >= 4 is 22.6 Å². The van der Waals surface area contributed by atoms with Gasteiger partial charge in [0.15, 0.2) is 0 Å². The summed E-state index contributed by atoms with van der Waals surface area (Å²) in [6.07, 6.45) is -0.356. The van der Waals surface area contributed by atoms with Crippen molar-refractivity contribution in [1.82, 2.24) is 14.5 Å². The van der Waals surface area contributed by atoms with Crippen molar-refractivity contribution in [2.45, 2.75) is 26.1 Å². The molecule has 0 atom stereocenters. The second kappa shape index (κ2) is 9.89. The lowest BCUT2D eigenvalue weighted by Gasteiger charge is -2.17. The molecule has 0 saturated carbocycles. The molecule has 5 rings (SSSR count). The van der Waals surface area contributed by atoms with E-state index in [0.29, 0.717) is 28.9 Å². The van der Waals surface area contributed by atoms with Crippen LogP contribution in [-0.4, -0.2) is 20.4 Å². The van der Waals surface area contributed by atoms with Gasteiger partial charge in [0.2, 0.25) is 0 Å². The molecule has 1 amide bonds. The molecule has 0 saturated heterocycles. The zero-order valence-corrected chi connectivity index (χ0v) is 20.0. The van der Waals surface area contributed by atoms with Crippen LogP contribution in [0.15, 0.2) is 91.4 Å². The average Bonchev–Trinajstić information content (AvgIpc) is 3.30. The molecule has 0 aliphatic heterocycles. The van der Waals surface area contributed by atoms with Gasteiger partial charge < -0.3 is 9.88 Å². The summed E-state index contributed by atoms with van der Waals surface area (Å²) in [5, 5.41) is 2.76. The number of aromatic nitrogens is 3. The number of nitrogens with zero attached hydrogens (tertiary/aromatic N) is 3. The lowest BCUT2D eigenvalue weighted by molar-refractivity contribution is -0.138. The first kappa shape index (κ1) is 24.2. The number of aryl methyl sites for hydroxylation is 3. The van der Waals surface area contributed by atoms with Crippen molar-refractivity contribution in [2.24, 2.45) is 0 Å². The molecule has 8 heteroatoms. The number of pyridine rings is 1. The highest BCUT2D eigenvalue weighted by Crippen LogP contribution is 2.36. The summed E-state index contributed by atoms with van der Waals surface area (Å²) in [5.41, 5.74) is 3.23. The van der Waals surface area contributed by atoms with Gasteiger partial charge in [0.25, 0.3) is 5.91 Å². The molecule has 0 aliphatic rings. The molecule has 0 radical (unpaired) electrons. The molecule has 2 aromatic heterocycles. The van der Waals surface area contributed by atoms with Gasteiger partial charge in [-0.3, -0.25) is 9.78 Å². The highest BCUT2D eigenvalue weighted by atomic mass is 19.4. The minimum atomic E-state index is -4.57. The second-order valence-electron chi connectivity index (χ2n) is 8.74. The predicted molar refractivity (Wildman–Crippen MR) is 137 cm³/mol. The van der Waals surface area contributed by atoms with Gasteiger partial charge in [0, 0.05) is 36.1 Å². The van der Waals surface area contributed by atoms with Gasteiger partial charge in [-0.2, -0.15) is 13.2 Å². The third kappa shape index (κ3) is 5.23. The SMILES string of the molecule is Cc1cc(-c2ccccc2)c(C(=O)Nc2ccc3c(c2)ncn3CCc2ccccn2)cc1C(F)(F)F. The number of carbonyl (C=O) groups excluding carboxylic acids is 1. The van der Waals surface area contributed by atoms with Crippen molar-refractivity contribution in [3.05, 3.63) is 114 Å². The Balaban J connectivity index is 1.43. The number of halogens is 3. The summed E-state index contributed by atoms with van der Waals surface area (Å²) >= 11 is 0. The largest absolute Gasteiger partial charge is 0.416 e. The van der Waals surface area contributed by atoms with Gasteiger partial charge in [-0.05, 0) is 60.0 Å². The minimum Gasteiger partial charge on any atom is -0.330 e. The molecule has 0 spiro atoms. The van der Waals surface area contributed by atoms with Crippen molar-refractivity contribution in [1.29, 1.82) is 0 Å². The third-order valence-electron chi connectivity index (χ3n) is 6.21. The summed E-state index contributed by atoms with van der Waals surface area (Å²) in [4.78, 5) is 22.1. The topological polar surface area (TPSA) is 59.8 Å². The van der Waals surface area contributed by atoms with E-state index in [2.05, 4.69) is 15.3 Å². The van der Waals surface area contributed by atoms with Gasteiger partial charge in [0.1, 0.15) is 0 Å². The van der Waals surface area contributed by atoms with Crippen LogP contribution in [0.25, 0.3) is 22.2 Å². The number of carbonyl (C=O) groups is 1. The first-order valence-electron chi connectivity index (χ1n) is 11.7. The zero-order valence-electron chi connectivity index (χ0n) is 20.0. The van der Waals surface area contributed by atoms with Gasteiger partial charge in [-0.15, -0.1) is 0 Å². The van der Waals surface area contributed by atoms with E-state index in [1.165, 1.54) is 13.0 Å². The zero-order chi connectivity index (χ0) is 26.0. The van der Waals surface area contributed by atoms with Crippen LogP contribution in [0.3, 0.4) is 0 Å². The minimum absolute atomic E-state index is 0.0508. The highest BCUT2D eigenvalue weighted by molar-refractivity contribution is 6.09. The van der Waals surface area contributed by atoms with E-state index in [4.69, 9.17) is 0 Å². The van der Waals surface area contributed by atoms with E-state index in [1.807, 2.05) is 34.9 Å². The molecule has 37 heavy (non-hydrogen) atoms. The molecule has 5 aromatic rings. The molecular formula is C29H23F3N4O. The fourth-order valence-electron chi connectivity index (χ4n) is 4.36. The monoisotopic (exact) mass is 500 g/mol. The molecule has 0 fully saturated rings. The maximum Gasteiger partial charge on any atom is 0.416 e. The fraction of sp³-hybridized carbons (Fsp3) is 0.138. The molecular weight excluding hydrogens is 477 g/mol. The number of rotatable bonds is 6. The molecule has 186 valence electrons. The van der Waals surface area contributed by atoms with E-state index < -0.39 is 17.6 Å². The Hall–Kier alpha value is -4.46. The number of benzene rings is 3. The molecule has 1 N–H and O–H groups in total. The lowest BCUT2D eigenvalue weighted by atomic mass is 9.93. The van der Waals surface area contributed by atoms with Crippen molar-refractivity contribution in [3.8, 4) is 11.1 Å². The first-order chi connectivity index (χ1) is 17.8. The van der Waals surface area contributed by atoms with Crippen molar-refractivity contribution < 1.29 is 18.0 Å². The Morgan fingerprint density at radius 2 is 1.73 bits per heavy atom. The summed E-state index contributed by atoms with van der Waals surface area (Å²) in [5.74, 6) is -0.627. The van der Waals surface area contributed by atoms with E-state index in [1.54, 1.807) is 48.9 Å². The Labute approximate surface area is 211 Å². The van der Waals surface area contributed by atoms with E-state index in [0.717, 1.165) is 23.7 Å². The Kier molecular flexibility index (Phi) is 6.48. The Morgan fingerprint density at radius 3 is 2.46 bits per heavy atom. The number of amides is 1. The van der Waals surface area contributed by atoms with Gasteiger partial charge in [0.05, 0.1) is 22.9 Å². The van der Waals surface area contributed by atoms with Crippen LogP contribution in [0.5, 0.6) is 0 Å². The Morgan fingerprint density at radius 1 is 0.946 bits per heavy atom. The second-order valence-corrected chi connectivity index (χ2v) is 8.74. The maximum absolute atomic E-state index is 13.7. The molecule has 0 unspecified atom stereocenters. The predicted octanol–water partition coefficient (Wildman–Crippen LogP) is 6.92. The third-order valence-corrected chi connectivity index (χ3v) is 6.21. The molecule has 5 nitrogen and oxygen atoms in total. The average molecular weight is 501 g/mol. The van der Waals surface area contributed by atoms with Gasteiger partial charge >= 0.3 is 6.18 Å². The van der Waals surface area contributed by atoms with E-state index >= 15 is 0 Å². The van der Waals surface area contributed by atoms with Crippen molar-refractivity contribution in [3.63, 3.8) is 0 Å². The van der Waals surface area contributed by atoms with Crippen LogP contribution in [0.4, 0.5) is 18.9 Å². The summed E-state index contributed by atoms with van der Waals surface area (Å²) in [6.45, 7) is 2.08. The maximum atomic E-state index is 13.7. The first-order valence-corrected chi connectivity index (χ1v) is 11.7. The van der Waals surface area contributed by atoms with Gasteiger partial charge in [-0.1, -0.05) is 42.5 Å². The number of nitrogens with one attached hydrogen (secondary N) is 1. The van der Waals surface area contributed by atoms with Crippen LogP contribution in [0, 0.1) is 6.92 Å². The fourth-order valence-corrected chi connectivity index (χ4v) is 4.36. The standard InChI is InChI=1S/C29H23F3N4O/c1-19-15-23(20-7-3-2-4-8-20)24(17-25(19)29(30,31)32)28(37)35-22-10-11-27-26(16-22)34-18-36(27)14-12-21-9-5-6-13-33-21/h2-11,13,15-18H,12,14H2,1H3,(H,35,37). The number of alkyl halides is 3. The number of anilines is 1. The lowest BCUT2D eigenvalue weighted by Crippen LogP contribution is -2.16. The van der Waals surface area contributed by atoms with Crippen molar-refractivity contribution in [2.75, 3.05) is 5.32 Å². The molecule has 2 heterocycles. The summed E-state index contributed by atoms with van der Waals surface area (Å²) < 4.78 is 43.0. The van der Waals surface area contributed by atoms with Crippen LogP contribution >= 0.6 is 0 Å². The van der Waals surface area contributed by atoms with Crippen LogP contribution in [0.2, 0.25) is 0 Å². The molecule has 0 aliphatic carbocycles. The van der Waals surface area contributed by atoms with Crippen LogP contribution in [-0.2, 0) is 19.1 Å². The molecule has 3 aromatic carbocycles. The van der Waals surface area contributed by atoms with Crippen LogP contribution in [0.1, 0.15) is 27.2 Å². The van der Waals surface area contributed by atoms with E-state index in [9.17, 15) is 18.0 Å². The summed E-state index contributed by atoms with van der Waals surface area (Å²) in [6, 6.07) is 22.3. The number of hydrogen-bond donors (Lipinski definition) is 1. The normalized spacial score (nSPS) is 11.6. The van der Waals surface area contributed by atoms with Crippen LogP contribution < -0.4 is 5.32 Å². The quantitative estimate of drug-likeness (QED) is 0.275. The summed E-state index contributed by atoms with van der Waals surface area (Å²) in [7, 11) is 0. The highest BCUT2D eigenvalue weighted by Gasteiger charge is 2.34.